The molecule has 7 heteroatoms. The van der Waals surface area contributed by atoms with Gasteiger partial charge in [-0.3, -0.25) is 0 Å². The summed E-state index contributed by atoms with van der Waals surface area (Å²) >= 11 is 7.73. The predicted octanol–water partition coefficient (Wildman–Crippen LogP) is 3.91. The van der Waals surface area contributed by atoms with Crippen molar-refractivity contribution < 1.29 is 19.0 Å². The second kappa shape index (κ2) is 6.30. The molecule has 0 spiro atoms. The lowest BCUT2D eigenvalue weighted by atomic mass is 10.1. The van der Waals surface area contributed by atoms with Gasteiger partial charge in [-0.1, -0.05) is 17.7 Å². The summed E-state index contributed by atoms with van der Waals surface area (Å²) in [5.41, 5.74) is 0.927. The first-order chi connectivity index (χ1) is 11.7. The third-order valence-electron chi connectivity index (χ3n) is 3.48. The lowest BCUT2D eigenvalue weighted by molar-refractivity contribution is -0.129. The van der Waals surface area contributed by atoms with Crippen molar-refractivity contribution in [2.45, 2.75) is 6.42 Å². The van der Waals surface area contributed by atoms with Gasteiger partial charge in [-0.2, -0.15) is 0 Å². The van der Waals surface area contributed by atoms with Crippen molar-refractivity contribution in [1.29, 1.82) is 0 Å². The number of hydrogen-bond acceptors (Lipinski definition) is 6. The Kier molecular flexibility index (Phi) is 4.00. The number of hydrogen-bond donors (Lipinski definition) is 0. The van der Waals surface area contributed by atoms with Crippen LogP contribution in [-0.2, 0) is 9.53 Å². The van der Waals surface area contributed by atoms with E-state index in [1.807, 2.05) is 17.5 Å². The van der Waals surface area contributed by atoms with Crippen LogP contribution >= 0.6 is 22.9 Å². The summed E-state index contributed by atoms with van der Waals surface area (Å²) in [5, 5.41) is 2.34. The molecule has 0 N–H and O–H groups in total. The van der Waals surface area contributed by atoms with Gasteiger partial charge >= 0.3 is 5.97 Å². The Balaban J connectivity index is 1.69. The minimum absolute atomic E-state index is 0.226. The van der Waals surface area contributed by atoms with Crippen molar-refractivity contribution in [1.82, 2.24) is 0 Å². The van der Waals surface area contributed by atoms with E-state index in [1.165, 1.54) is 11.3 Å². The molecule has 24 heavy (non-hydrogen) atoms. The fourth-order valence-electron chi connectivity index (χ4n) is 2.41. The lowest BCUT2D eigenvalue weighted by Gasteiger charge is -2.10. The van der Waals surface area contributed by atoms with E-state index in [4.69, 9.17) is 25.8 Å². The average molecular weight is 362 g/mol. The van der Waals surface area contributed by atoms with Crippen molar-refractivity contribution in [3.05, 3.63) is 50.8 Å². The number of halogens is 1. The Morgan fingerprint density at radius 1 is 1.25 bits per heavy atom. The van der Waals surface area contributed by atoms with E-state index in [2.05, 4.69) is 4.99 Å². The molecule has 2 aliphatic rings. The molecule has 2 aliphatic heterocycles. The molecule has 1 aromatic carbocycles. The smallest absolute Gasteiger partial charge is 0.363 e. The first kappa shape index (κ1) is 15.2. The number of carbonyl (C=O) groups is 1. The molecule has 4 rings (SSSR count). The Hall–Kier alpha value is -2.31. The minimum Gasteiger partial charge on any atom is -0.489 e. The Morgan fingerprint density at radius 3 is 2.96 bits per heavy atom. The quantitative estimate of drug-likeness (QED) is 0.601. The number of aliphatic imine (C=N–C) groups is 1. The summed E-state index contributed by atoms with van der Waals surface area (Å²) in [6.07, 6.45) is 2.42. The van der Waals surface area contributed by atoms with E-state index in [0.717, 1.165) is 11.3 Å². The number of ether oxygens (including phenoxy) is 3. The lowest BCUT2D eigenvalue weighted by Crippen LogP contribution is -2.03. The van der Waals surface area contributed by atoms with Crippen LogP contribution in [0.2, 0.25) is 5.02 Å². The van der Waals surface area contributed by atoms with Gasteiger partial charge in [-0.05, 0) is 35.2 Å². The van der Waals surface area contributed by atoms with Gasteiger partial charge < -0.3 is 14.2 Å². The van der Waals surface area contributed by atoms with E-state index in [9.17, 15) is 4.79 Å². The third-order valence-corrected chi connectivity index (χ3v) is 4.62. The zero-order chi connectivity index (χ0) is 16.5. The molecule has 0 unspecified atom stereocenters. The van der Waals surface area contributed by atoms with E-state index in [0.29, 0.717) is 41.2 Å². The van der Waals surface area contributed by atoms with Crippen LogP contribution in [-0.4, -0.2) is 25.1 Å². The number of benzene rings is 1. The van der Waals surface area contributed by atoms with Gasteiger partial charge in [0.2, 0.25) is 5.90 Å². The molecule has 0 saturated carbocycles. The Bertz CT molecular complexity index is 858. The maximum atomic E-state index is 12.0. The highest BCUT2D eigenvalue weighted by atomic mass is 35.5. The molecule has 0 atom stereocenters. The van der Waals surface area contributed by atoms with E-state index in [-0.39, 0.29) is 5.70 Å². The van der Waals surface area contributed by atoms with Gasteiger partial charge in [-0.25, -0.2) is 9.79 Å². The van der Waals surface area contributed by atoms with Crippen LogP contribution in [0.4, 0.5) is 0 Å². The monoisotopic (exact) mass is 361 g/mol. The van der Waals surface area contributed by atoms with Crippen LogP contribution in [0.3, 0.4) is 0 Å². The fraction of sp³-hybridized carbons (Fsp3) is 0.176. The number of cyclic esters (lactones) is 1. The largest absolute Gasteiger partial charge is 0.489 e. The highest BCUT2D eigenvalue weighted by Crippen LogP contribution is 2.38. The summed E-state index contributed by atoms with van der Waals surface area (Å²) in [6.45, 7) is 1.13. The molecule has 3 heterocycles. The van der Waals surface area contributed by atoms with E-state index < -0.39 is 5.97 Å². The van der Waals surface area contributed by atoms with Crippen molar-refractivity contribution in [3.63, 3.8) is 0 Å². The topological polar surface area (TPSA) is 57.1 Å². The molecule has 5 nitrogen and oxygen atoms in total. The molecule has 0 fully saturated rings. The number of nitrogens with zero attached hydrogens (tertiary/aromatic N) is 1. The van der Waals surface area contributed by atoms with Crippen LogP contribution in [0, 0.1) is 0 Å². The number of thiophene rings is 1. The molecule has 0 bridgehead atoms. The summed E-state index contributed by atoms with van der Waals surface area (Å²) in [7, 11) is 0. The van der Waals surface area contributed by atoms with Gasteiger partial charge in [0, 0.05) is 6.42 Å². The predicted molar refractivity (Wildman–Crippen MR) is 92.0 cm³/mol. The molecule has 0 radical (unpaired) electrons. The molecule has 1 aromatic heterocycles. The van der Waals surface area contributed by atoms with Gasteiger partial charge in [-0.15, -0.1) is 11.3 Å². The summed E-state index contributed by atoms with van der Waals surface area (Å²) in [6, 6.07) is 7.23. The minimum atomic E-state index is -0.485. The fourth-order valence-corrected chi connectivity index (χ4v) is 3.33. The van der Waals surface area contributed by atoms with Crippen molar-refractivity contribution >= 4 is 40.9 Å². The molecule has 0 aliphatic carbocycles. The highest BCUT2D eigenvalue weighted by molar-refractivity contribution is 7.12. The maximum absolute atomic E-state index is 12.0. The van der Waals surface area contributed by atoms with Crippen LogP contribution in [0.25, 0.3) is 6.08 Å². The normalized spacial score (nSPS) is 18.3. The van der Waals surface area contributed by atoms with Crippen molar-refractivity contribution in [2.24, 2.45) is 4.99 Å². The van der Waals surface area contributed by atoms with E-state index >= 15 is 0 Å². The third kappa shape index (κ3) is 2.90. The number of esters is 1. The molecular weight excluding hydrogens is 350 g/mol. The molecule has 0 saturated heterocycles. The first-order valence-corrected chi connectivity index (χ1v) is 8.62. The SMILES string of the molecule is O=C1OC(c2cccs2)=N/C1=C\c1cc(Cl)c2c(c1)OCCCO2. The second-order valence-corrected chi connectivity index (χ2v) is 6.55. The summed E-state index contributed by atoms with van der Waals surface area (Å²) in [4.78, 5) is 17.1. The van der Waals surface area contributed by atoms with Gasteiger partial charge in [0.25, 0.3) is 0 Å². The number of rotatable bonds is 2. The highest BCUT2D eigenvalue weighted by Gasteiger charge is 2.25. The average Bonchev–Trinajstić information content (AvgIpc) is 3.13. The van der Waals surface area contributed by atoms with Crippen LogP contribution in [0.15, 0.2) is 40.3 Å². The van der Waals surface area contributed by atoms with E-state index in [1.54, 1.807) is 18.2 Å². The van der Waals surface area contributed by atoms with Crippen LogP contribution in [0.5, 0.6) is 11.5 Å². The van der Waals surface area contributed by atoms with Crippen LogP contribution < -0.4 is 9.47 Å². The Labute approximate surface area is 147 Å². The number of fused-ring (bicyclic) bond motifs is 1. The molecule has 122 valence electrons. The van der Waals surface area contributed by atoms with Gasteiger partial charge in [0.05, 0.1) is 23.1 Å². The molecule has 0 amide bonds. The van der Waals surface area contributed by atoms with Crippen molar-refractivity contribution in [2.75, 3.05) is 13.2 Å². The van der Waals surface area contributed by atoms with Gasteiger partial charge in [0.15, 0.2) is 17.2 Å². The zero-order valence-corrected chi connectivity index (χ0v) is 14.0. The Morgan fingerprint density at radius 2 is 2.12 bits per heavy atom. The van der Waals surface area contributed by atoms with Gasteiger partial charge in [0.1, 0.15) is 0 Å². The molecule has 2 aromatic rings. The van der Waals surface area contributed by atoms with Crippen LogP contribution in [0.1, 0.15) is 16.9 Å². The zero-order valence-electron chi connectivity index (χ0n) is 12.5. The standard InChI is InChI=1S/C17H12ClNO4S/c18-11-7-10(9-13-15(11)22-5-2-4-21-13)8-12-17(20)23-16(19-12)14-3-1-6-24-14/h1,3,6-9H,2,4-5H2/b12-8-. The second-order valence-electron chi connectivity index (χ2n) is 5.19. The summed E-state index contributed by atoms with van der Waals surface area (Å²) < 4.78 is 16.5. The maximum Gasteiger partial charge on any atom is 0.363 e. The molecular formula is C17H12ClNO4S. The first-order valence-electron chi connectivity index (χ1n) is 7.36. The number of carbonyl (C=O) groups excluding carboxylic acids is 1. The van der Waals surface area contributed by atoms with Crippen molar-refractivity contribution in [3.8, 4) is 11.5 Å². The summed E-state index contributed by atoms with van der Waals surface area (Å²) in [5.74, 6) is 0.942.